The van der Waals surface area contributed by atoms with E-state index >= 15 is 0 Å². The summed E-state index contributed by atoms with van der Waals surface area (Å²) in [4.78, 5) is 23.7. The molecule has 0 bridgehead atoms. The summed E-state index contributed by atoms with van der Waals surface area (Å²) in [6.07, 6.45) is -0.129. The average Bonchev–Trinajstić information content (AvgIpc) is 3.15. The maximum atomic E-state index is 12.8. The van der Waals surface area contributed by atoms with Gasteiger partial charge in [0.05, 0.1) is 19.9 Å². The van der Waals surface area contributed by atoms with Gasteiger partial charge >= 0.3 is 0 Å². The number of carbonyl (C=O) groups is 2. The summed E-state index contributed by atoms with van der Waals surface area (Å²) in [5.41, 5.74) is 2.31. The molecule has 0 saturated carbocycles. The lowest BCUT2D eigenvalue weighted by Crippen LogP contribution is -2.30. The molecule has 7 nitrogen and oxygen atoms in total. The van der Waals surface area contributed by atoms with Crippen LogP contribution in [0.1, 0.15) is 17.3 Å². The van der Waals surface area contributed by atoms with E-state index < -0.39 is 6.10 Å². The van der Waals surface area contributed by atoms with E-state index in [0.29, 0.717) is 40.4 Å². The Bertz CT molecular complexity index is 1280. The van der Waals surface area contributed by atoms with Crippen molar-refractivity contribution >= 4 is 39.8 Å². The van der Waals surface area contributed by atoms with Crippen molar-refractivity contribution in [2.24, 2.45) is 0 Å². The Balaban J connectivity index is 1.59. The molecule has 0 fully saturated rings. The van der Waals surface area contributed by atoms with E-state index in [4.69, 9.17) is 18.6 Å². The van der Waals surface area contributed by atoms with E-state index in [1.165, 1.54) is 7.11 Å². The topological polar surface area (TPSA) is 87.0 Å². The third-order valence-corrected chi connectivity index (χ3v) is 4.95. The van der Waals surface area contributed by atoms with Crippen LogP contribution in [-0.4, -0.2) is 32.5 Å². The Morgan fingerprint density at radius 3 is 2.45 bits per heavy atom. The number of fused-ring (bicyclic) bond motifs is 3. The van der Waals surface area contributed by atoms with Crippen molar-refractivity contribution < 1.29 is 28.2 Å². The molecule has 4 rings (SSSR count). The number of furan rings is 1. The molecule has 0 aliphatic carbocycles. The number of anilines is 1. The number of para-hydroxylation sites is 1. The first-order valence-corrected chi connectivity index (χ1v) is 9.64. The molecular weight excluding hydrogens is 398 g/mol. The fourth-order valence-electron chi connectivity index (χ4n) is 3.35. The molecule has 4 aromatic rings. The molecule has 158 valence electrons. The minimum atomic E-state index is -0.841. The average molecular weight is 419 g/mol. The quantitative estimate of drug-likeness (QED) is 0.432. The highest BCUT2D eigenvalue weighted by atomic mass is 16.5. The van der Waals surface area contributed by atoms with Gasteiger partial charge in [0.25, 0.3) is 5.91 Å². The van der Waals surface area contributed by atoms with E-state index in [1.54, 1.807) is 38.3 Å². The number of aldehydes is 1. The van der Waals surface area contributed by atoms with Crippen LogP contribution in [0, 0.1) is 0 Å². The molecule has 0 aliphatic rings. The largest absolute Gasteiger partial charge is 0.495 e. The van der Waals surface area contributed by atoms with Crippen LogP contribution in [0.2, 0.25) is 0 Å². The Morgan fingerprint density at radius 2 is 1.71 bits per heavy atom. The van der Waals surface area contributed by atoms with Gasteiger partial charge in [-0.1, -0.05) is 18.2 Å². The lowest BCUT2D eigenvalue weighted by molar-refractivity contribution is -0.122. The summed E-state index contributed by atoms with van der Waals surface area (Å²) < 4.78 is 22.4. The SMILES string of the molecule is COc1cc2c(cc1NC(=O)[C@@H](C)Oc1ccc(C=O)cc1OC)oc1ccccc12. The highest BCUT2D eigenvalue weighted by molar-refractivity contribution is 6.08. The summed E-state index contributed by atoms with van der Waals surface area (Å²) >= 11 is 0. The van der Waals surface area contributed by atoms with Gasteiger partial charge in [0.1, 0.15) is 23.2 Å². The van der Waals surface area contributed by atoms with Crippen molar-refractivity contribution in [3.63, 3.8) is 0 Å². The van der Waals surface area contributed by atoms with Gasteiger partial charge in [-0.3, -0.25) is 9.59 Å². The third kappa shape index (κ3) is 3.90. The Kier molecular flexibility index (Phi) is 5.49. The number of hydrogen-bond donors (Lipinski definition) is 1. The maximum Gasteiger partial charge on any atom is 0.265 e. The van der Waals surface area contributed by atoms with Gasteiger partial charge < -0.3 is 23.9 Å². The van der Waals surface area contributed by atoms with Crippen LogP contribution in [0.3, 0.4) is 0 Å². The molecule has 1 aromatic heterocycles. The summed E-state index contributed by atoms with van der Waals surface area (Å²) in [6, 6.07) is 16.0. The Morgan fingerprint density at radius 1 is 0.935 bits per heavy atom. The number of ether oxygens (including phenoxy) is 3. The van der Waals surface area contributed by atoms with Crippen molar-refractivity contribution in [3.8, 4) is 17.2 Å². The van der Waals surface area contributed by atoms with E-state index in [2.05, 4.69) is 5.32 Å². The van der Waals surface area contributed by atoms with Crippen molar-refractivity contribution in [1.29, 1.82) is 0 Å². The number of carbonyl (C=O) groups excluding carboxylic acids is 2. The van der Waals surface area contributed by atoms with Crippen LogP contribution in [0.25, 0.3) is 21.9 Å². The molecule has 0 saturated heterocycles. The maximum absolute atomic E-state index is 12.8. The third-order valence-electron chi connectivity index (χ3n) is 4.95. The van der Waals surface area contributed by atoms with Crippen LogP contribution in [0.15, 0.2) is 59.0 Å². The molecule has 31 heavy (non-hydrogen) atoms. The summed E-state index contributed by atoms with van der Waals surface area (Å²) in [5, 5.41) is 4.70. The lowest BCUT2D eigenvalue weighted by atomic mass is 10.1. The molecule has 0 aliphatic heterocycles. The van der Waals surface area contributed by atoms with Crippen molar-refractivity contribution in [2.45, 2.75) is 13.0 Å². The minimum Gasteiger partial charge on any atom is -0.495 e. The number of methoxy groups -OCH3 is 2. The van der Waals surface area contributed by atoms with Crippen LogP contribution in [-0.2, 0) is 4.79 Å². The second-order valence-corrected chi connectivity index (χ2v) is 6.92. The van der Waals surface area contributed by atoms with Gasteiger partial charge in [-0.15, -0.1) is 0 Å². The summed E-state index contributed by atoms with van der Waals surface area (Å²) in [7, 11) is 3.01. The first kappa shape index (κ1) is 20.3. The molecule has 3 aromatic carbocycles. The van der Waals surface area contributed by atoms with Crippen molar-refractivity contribution in [2.75, 3.05) is 19.5 Å². The number of hydrogen-bond acceptors (Lipinski definition) is 6. The van der Waals surface area contributed by atoms with Crippen molar-refractivity contribution in [1.82, 2.24) is 0 Å². The van der Waals surface area contributed by atoms with Crippen LogP contribution < -0.4 is 19.5 Å². The van der Waals surface area contributed by atoms with Gasteiger partial charge in [0.15, 0.2) is 17.6 Å². The molecule has 1 atom stereocenters. The lowest BCUT2D eigenvalue weighted by Gasteiger charge is -2.18. The zero-order valence-electron chi connectivity index (χ0n) is 17.3. The Hall–Kier alpha value is -4.00. The number of benzene rings is 3. The second-order valence-electron chi connectivity index (χ2n) is 6.92. The summed E-state index contributed by atoms with van der Waals surface area (Å²) in [6.45, 7) is 1.62. The highest BCUT2D eigenvalue weighted by Gasteiger charge is 2.20. The van der Waals surface area contributed by atoms with E-state index in [1.807, 2.05) is 30.3 Å². The van der Waals surface area contributed by atoms with Gasteiger partial charge in [0, 0.05) is 22.4 Å². The smallest absolute Gasteiger partial charge is 0.265 e. The van der Waals surface area contributed by atoms with Crippen LogP contribution >= 0.6 is 0 Å². The standard InChI is InChI=1S/C24H21NO6/c1-14(30-20-9-8-15(13-26)10-23(20)29-3)24(27)25-18-12-21-17(11-22(18)28-2)16-6-4-5-7-19(16)31-21/h4-14H,1-3H3,(H,25,27)/t14-/m1/s1. The predicted octanol–water partition coefficient (Wildman–Crippen LogP) is 4.82. The first-order chi connectivity index (χ1) is 15.0. The normalized spacial score (nSPS) is 11.8. The van der Waals surface area contributed by atoms with E-state index in [9.17, 15) is 9.59 Å². The minimum absolute atomic E-state index is 0.357. The van der Waals surface area contributed by atoms with Gasteiger partial charge in [-0.05, 0) is 37.3 Å². The fraction of sp³-hybridized carbons (Fsp3) is 0.167. The predicted molar refractivity (Wildman–Crippen MR) is 117 cm³/mol. The molecule has 0 radical (unpaired) electrons. The Labute approximate surface area is 178 Å². The second kappa shape index (κ2) is 8.39. The number of nitrogens with one attached hydrogen (secondary N) is 1. The van der Waals surface area contributed by atoms with Crippen LogP contribution in [0.5, 0.6) is 17.2 Å². The molecule has 1 N–H and O–H groups in total. The molecule has 7 heteroatoms. The van der Waals surface area contributed by atoms with Gasteiger partial charge in [0.2, 0.25) is 0 Å². The number of rotatable bonds is 7. The fourth-order valence-corrected chi connectivity index (χ4v) is 3.35. The summed E-state index contributed by atoms with van der Waals surface area (Å²) in [5.74, 6) is 0.851. The van der Waals surface area contributed by atoms with E-state index in [-0.39, 0.29) is 5.91 Å². The molecule has 1 heterocycles. The highest BCUT2D eigenvalue weighted by Crippen LogP contribution is 2.36. The molecule has 0 unspecified atom stereocenters. The number of amides is 1. The molecule has 1 amide bonds. The van der Waals surface area contributed by atoms with Gasteiger partial charge in [-0.25, -0.2) is 0 Å². The zero-order valence-corrected chi connectivity index (χ0v) is 17.3. The zero-order chi connectivity index (χ0) is 22.0. The van der Waals surface area contributed by atoms with Crippen LogP contribution in [0.4, 0.5) is 5.69 Å². The molecule has 0 spiro atoms. The monoisotopic (exact) mass is 419 g/mol. The van der Waals surface area contributed by atoms with E-state index in [0.717, 1.165) is 16.4 Å². The van der Waals surface area contributed by atoms with Gasteiger partial charge in [-0.2, -0.15) is 0 Å². The first-order valence-electron chi connectivity index (χ1n) is 9.64. The molecular formula is C24H21NO6. The van der Waals surface area contributed by atoms with Crippen molar-refractivity contribution in [3.05, 3.63) is 60.2 Å².